The number of ketones is 1. The first-order valence-electron chi connectivity index (χ1n) is 8.61. The van der Waals surface area contributed by atoms with Crippen molar-refractivity contribution in [1.82, 2.24) is 4.90 Å². The summed E-state index contributed by atoms with van der Waals surface area (Å²) < 4.78 is 10.6. The molecule has 1 spiro atoms. The fraction of sp³-hybridized carbons (Fsp3) is 0.579. The first-order valence-corrected chi connectivity index (χ1v) is 8.61. The van der Waals surface area contributed by atoms with Crippen LogP contribution in [-0.2, 0) is 16.0 Å². The molecule has 1 amide bonds. The lowest BCUT2D eigenvalue weighted by atomic mass is 9.79. The molecule has 1 aliphatic carbocycles. The molecule has 5 heteroatoms. The predicted molar refractivity (Wildman–Crippen MR) is 90.4 cm³/mol. The van der Waals surface area contributed by atoms with Gasteiger partial charge in [0.2, 0.25) is 5.91 Å². The van der Waals surface area contributed by atoms with Crippen LogP contribution in [0.1, 0.15) is 44.1 Å². The number of benzene rings is 1. The molecule has 0 aromatic heterocycles. The molecule has 0 N–H and O–H groups in total. The van der Waals surface area contributed by atoms with Crippen LogP contribution in [0.4, 0.5) is 0 Å². The molecule has 0 radical (unpaired) electrons. The summed E-state index contributed by atoms with van der Waals surface area (Å²) in [5.74, 6) is 1.88. The standard InChI is InChI=1S/C19H25NO4/c1-23-16-6-5-14(12-17(16)24-2)8-11-20-18(22)7-10-19(20)9-3-4-15(21)13-19/h5-6,12H,3-4,7-11,13H2,1-2H3. The Balaban J connectivity index is 1.72. The minimum absolute atomic E-state index is 0.185. The minimum Gasteiger partial charge on any atom is -0.493 e. The monoisotopic (exact) mass is 331 g/mol. The number of nitrogens with zero attached hydrogens (tertiary/aromatic N) is 1. The molecule has 1 heterocycles. The molecule has 1 saturated carbocycles. The Hall–Kier alpha value is -2.04. The van der Waals surface area contributed by atoms with E-state index in [0.29, 0.717) is 43.1 Å². The van der Waals surface area contributed by atoms with E-state index < -0.39 is 0 Å². The van der Waals surface area contributed by atoms with E-state index >= 15 is 0 Å². The van der Waals surface area contributed by atoms with Gasteiger partial charge in [-0.05, 0) is 43.4 Å². The van der Waals surface area contributed by atoms with Crippen LogP contribution >= 0.6 is 0 Å². The highest BCUT2D eigenvalue weighted by molar-refractivity contribution is 5.85. The van der Waals surface area contributed by atoms with Gasteiger partial charge < -0.3 is 14.4 Å². The van der Waals surface area contributed by atoms with Crippen LogP contribution in [0, 0.1) is 0 Å². The molecule has 1 aromatic carbocycles. The van der Waals surface area contributed by atoms with E-state index in [9.17, 15) is 9.59 Å². The number of methoxy groups -OCH3 is 2. The SMILES string of the molecule is COc1ccc(CCN2C(=O)CCC23CCCC(=O)C3)cc1OC. The summed E-state index contributed by atoms with van der Waals surface area (Å²) in [5.41, 5.74) is 0.882. The summed E-state index contributed by atoms with van der Waals surface area (Å²) in [6.45, 7) is 0.654. The molecule has 1 atom stereocenters. The zero-order valence-corrected chi connectivity index (χ0v) is 14.5. The highest BCUT2D eigenvalue weighted by Crippen LogP contribution is 2.41. The van der Waals surface area contributed by atoms with Gasteiger partial charge in [0, 0.05) is 25.8 Å². The molecule has 1 aromatic rings. The average molecular weight is 331 g/mol. The molecule has 5 nitrogen and oxygen atoms in total. The van der Waals surface area contributed by atoms with E-state index in [2.05, 4.69) is 0 Å². The second kappa shape index (κ2) is 6.83. The van der Waals surface area contributed by atoms with E-state index in [1.54, 1.807) is 14.2 Å². The van der Waals surface area contributed by atoms with E-state index in [1.807, 2.05) is 23.1 Å². The second-order valence-electron chi connectivity index (χ2n) is 6.78. The maximum Gasteiger partial charge on any atom is 0.223 e. The summed E-state index contributed by atoms with van der Waals surface area (Å²) in [6, 6.07) is 5.85. The third kappa shape index (κ3) is 3.12. The zero-order chi connectivity index (χ0) is 17.2. The summed E-state index contributed by atoms with van der Waals surface area (Å²) in [6.07, 6.45) is 5.20. The number of ether oxygens (including phenoxy) is 2. The normalized spacial score (nSPS) is 23.8. The van der Waals surface area contributed by atoms with Crippen molar-refractivity contribution >= 4 is 11.7 Å². The van der Waals surface area contributed by atoms with Gasteiger partial charge in [-0.2, -0.15) is 0 Å². The van der Waals surface area contributed by atoms with Crippen LogP contribution in [-0.4, -0.2) is 42.9 Å². The number of rotatable bonds is 5. The van der Waals surface area contributed by atoms with Crippen LogP contribution in [0.25, 0.3) is 0 Å². The van der Waals surface area contributed by atoms with E-state index in [1.165, 1.54) is 0 Å². The summed E-state index contributed by atoms with van der Waals surface area (Å²) in [5, 5.41) is 0. The van der Waals surface area contributed by atoms with Gasteiger partial charge in [-0.3, -0.25) is 9.59 Å². The first kappa shape index (κ1) is 16.8. The van der Waals surface area contributed by atoms with Gasteiger partial charge in [-0.1, -0.05) is 6.07 Å². The van der Waals surface area contributed by atoms with Crippen molar-refractivity contribution in [2.45, 2.75) is 50.5 Å². The first-order chi connectivity index (χ1) is 11.6. The number of amides is 1. The highest BCUT2D eigenvalue weighted by Gasteiger charge is 2.47. The molecule has 2 fully saturated rings. The van der Waals surface area contributed by atoms with Gasteiger partial charge in [0.1, 0.15) is 5.78 Å². The highest BCUT2D eigenvalue weighted by atomic mass is 16.5. The summed E-state index contributed by atoms with van der Waals surface area (Å²) in [7, 11) is 3.23. The van der Waals surface area contributed by atoms with Crippen LogP contribution in [0.15, 0.2) is 18.2 Å². The fourth-order valence-electron chi connectivity index (χ4n) is 4.12. The summed E-state index contributed by atoms with van der Waals surface area (Å²) in [4.78, 5) is 26.3. The molecule has 2 aliphatic rings. The van der Waals surface area contributed by atoms with E-state index in [4.69, 9.17) is 9.47 Å². The zero-order valence-electron chi connectivity index (χ0n) is 14.5. The topological polar surface area (TPSA) is 55.8 Å². The van der Waals surface area contributed by atoms with Crippen LogP contribution < -0.4 is 9.47 Å². The predicted octanol–water partition coefficient (Wildman–Crippen LogP) is 2.75. The Bertz CT molecular complexity index is 642. The minimum atomic E-state index is -0.219. The van der Waals surface area contributed by atoms with E-state index in [0.717, 1.165) is 31.2 Å². The van der Waals surface area contributed by atoms with Gasteiger partial charge in [0.15, 0.2) is 11.5 Å². The molecule has 1 unspecified atom stereocenters. The Morgan fingerprint density at radius 3 is 2.58 bits per heavy atom. The molecule has 130 valence electrons. The van der Waals surface area contributed by atoms with E-state index in [-0.39, 0.29) is 11.4 Å². The van der Waals surface area contributed by atoms with Crippen LogP contribution in [0.5, 0.6) is 11.5 Å². The molecule has 1 saturated heterocycles. The van der Waals surface area contributed by atoms with Gasteiger partial charge in [0.05, 0.1) is 19.8 Å². The van der Waals surface area contributed by atoms with Crippen molar-refractivity contribution in [3.05, 3.63) is 23.8 Å². The maximum absolute atomic E-state index is 12.4. The number of likely N-dealkylation sites (tertiary alicyclic amines) is 1. The lowest BCUT2D eigenvalue weighted by molar-refractivity contribution is -0.134. The third-order valence-electron chi connectivity index (χ3n) is 5.37. The molecule has 24 heavy (non-hydrogen) atoms. The molecule has 0 bridgehead atoms. The second-order valence-corrected chi connectivity index (χ2v) is 6.78. The Kier molecular flexibility index (Phi) is 4.78. The van der Waals surface area contributed by atoms with Crippen molar-refractivity contribution in [3.63, 3.8) is 0 Å². The molecule has 3 rings (SSSR count). The third-order valence-corrected chi connectivity index (χ3v) is 5.37. The smallest absolute Gasteiger partial charge is 0.223 e. The van der Waals surface area contributed by atoms with Gasteiger partial charge in [-0.25, -0.2) is 0 Å². The Labute approximate surface area is 142 Å². The number of hydrogen-bond donors (Lipinski definition) is 0. The lowest BCUT2D eigenvalue weighted by Gasteiger charge is -2.41. The Morgan fingerprint density at radius 1 is 1.08 bits per heavy atom. The number of carbonyl (C=O) groups excluding carboxylic acids is 2. The van der Waals surface area contributed by atoms with Gasteiger partial charge in [-0.15, -0.1) is 0 Å². The number of Topliss-reactive ketones (excluding diaryl/α,β-unsaturated/α-hetero) is 1. The Morgan fingerprint density at radius 2 is 1.88 bits per heavy atom. The van der Waals surface area contributed by atoms with Gasteiger partial charge in [0.25, 0.3) is 0 Å². The summed E-state index contributed by atoms with van der Waals surface area (Å²) >= 11 is 0. The number of carbonyl (C=O) groups is 2. The molecule has 1 aliphatic heterocycles. The largest absolute Gasteiger partial charge is 0.493 e. The van der Waals surface area contributed by atoms with Crippen molar-refractivity contribution < 1.29 is 19.1 Å². The fourth-order valence-corrected chi connectivity index (χ4v) is 4.12. The average Bonchev–Trinajstić information content (AvgIpc) is 2.88. The quantitative estimate of drug-likeness (QED) is 0.832. The lowest BCUT2D eigenvalue weighted by Crippen LogP contribution is -2.49. The van der Waals surface area contributed by atoms with Crippen molar-refractivity contribution in [2.24, 2.45) is 0 Å². The molecular weight excluding hydrogens is 306 g/mol. The van der Waals surface area contributed by atoms with Crippen molar-refractivity contribution in [1.29, 1.82) is 0 Å². The van der Waals surface area contributed by atoms with Crippen molar-refractivity contribution in [2.75, 3.05) is 20.8 Å². The van der Waals surface area contributed by atoms with Crippen LogP contribution in [0.3, 0.4) is 0 Å². The maximum atomic E-state index is 12.4. The van der Waals surface area contributed by atoms with Crippen molar-refractivity contribution in [3.8, 4) is 11.5 Å². The van der Waals surface area contributed by atoms with Gasteiger partial charge >= 0.3 is 0 Å². The number of hydrogen-bond acceptors (Lipinski definition) is 4. The molecular formula is C19H25NO4. The van der Waals surface area contributed by atoms with Crippen LogP contribution in [0.2, 0.25) is 0 Å².